The zero-order valence-electron chi connectivity index (χ0n) is 21.1. The van der Waals surface area contributed by atoms with Gasteiger partial charge in [0.1, 0.15) is 17.1 Å². The average molecular weight is 470 g/mol. The highest BCUT2D eigenvalue weighted by Crippen LogP contribution is 2.41. The van der Waals surface area contributed by atoms with Crippen LogP contribution in [0.5, 0.6) is 11.5 Å². The van der Waals surface area contributed by atoms with Crippen LogP contribution in [0, 0.1) is 20.8 Å². The molecule has 0 radical (unpaired) electrons. The van der Waals surface area contributed by atoms with Crippen LogP contribution < -0.4 is 14.8 Å². The molecule has 1 heterocycles. The molecule has 0 fully saturated rings. The number of hydrogen-bond acceptors (Lipinski definition) is 4. The number of hydrogen-bond donors (Lipinski definition) is 1. The van der Waals surface area contributed by atoms with Crippen LogP contribution in [0.1, 0.15) is 36.1 Å². The van der Waals surface area contributed by atoms with E-state index in [0.717, 1.165) is 61.5 Å². The number of anilines is 1. The molecular weight excluding hydrogens is 438 g/mol. The van der Waals surface area contributed by atoms with Gasteiger partial charge in [-0.3, -0.25) is 4.79 Å². The molecular formula is C30H31NO4. The van der Waals surface area contributed by atoms with Gasteiger partial charge in [-0.1, -0.05) is 18.2 Å². The van der Waals surface area contributed by atoms with E-state index in [1.165, 1.54) is 5.56 Å². The summed E-state index contributed by atoms with van der Waals surface area (Å²) >= 11 is 0. The fourth-order valence-electron chi connectivity index (χ4n) is 4.21. The zero-order chi connectivity index (χ0) is 25.1. The maximum atomic E-state index is 12.9. The van der Waals surface area contributed by atoms with Crippen molar-refractivity contribution in [3.63, 3.8) is 0 Å². The molecule has 1 amide bonds. The Hall–Kier alpha value is -3.99. The van der Waals surface area contributed by atoms with Gasteiger partial charge in [0, 0.05) is 33.8 Å². The number of rotatable bonds is 7. The van der Waals surface area contributed by atoms with Gasteiger partial charge in [0.05, 0.1) is 20.0 Å². The average Bonchev–Trinajstić information content (AvgIpc) is 3.27. The summed E-state index contributed by atoms with van der Waals surface area (Å²) in [6.07, 6.45) is 3.38. The zero-order valence-corrected chi connectivity index (χ0v) is 21.1. The lowest BCUT2D eigenvalue weighted by Gasteiger charge is -2.15. The Morgan fingerprint density at radius 3 is 2.43 bits per heavy atom. The van der Waals surface area contributed by atoms with Crippen molar-refractivity contribution < 1.29 is 18.7 Å². The minimum Gasteiger partial charge on any atom is -0.497 e. The maximum absolute atomic E-state index is 12.9. The summed E-state index contributed by atoms with van der Waals surface area (Å²) < 4.78 is 17.3. The van der Waals surface area contributed by atoms with Gasteiger partial charge in [-0.15, -0.1) is 0 Å². The Bertz CT molecular complexity index is 1410. The fraction of sp³-hybridized carbons (Fsp3) is 0.233. The molecule has 35 heavy (non-hydrogen) atoms. The lowest BCUT2D eigenvalue weighted by atomic mass is 9.96. The summed E-state index contributed by atoms with van der Waals surface area (Å²) in [5, 5.41) is 3.94. The second-order valence-electron chi connectivity index (χ2n) is 8.68. The summed E-state index contributed by atoms with van der Waals surface area (Å²) in [4.78, 5) is 12.9. The quantitative estimate of drug-likeness (QED) is 0.285. The van der Waals surface area contributed by atoms with E-state index in [0.29, 0.717) is 6.61 Å². The number of carbonyl (C=O) groups is 1. The van der Waals surface area contributed by atoms with Crippen molar-refractivity contribution in [2.45, 2.75) is 34.6 Å². The number of nitrogens with one attached hydrogen (secondary N) is 1. The lowest BCUT2D eigenvalue weighted by Crippen LogP contribution is -2.09. The standard InChI is InChI=1S/C30H31NO4/c1-7-34-29-21(5)30-26(27(17-35-30)22-9-12-24(33-6)13-10-22)16-25(29)20(4)15-28(32)31-23-11-8-18(2)19(3)14-23/h8-17H,7H2,1-6H3,(H,31,32)/b20-15+. The number of benzene rings is 3. The first-order valence-electron chi connectivity index (χ1n) is 11.7. The summed E-state index contributed by atoms with van der Waals surface area (Å²) in [6, 6.07) is 15.8. The fourth-order valence-corrected chi connectivity index (χ4v) is 4.21. The van der Waals surface area contributed by atoms with Crippen LogP contribution in [0.3, 0.4) is 0 Å². The van der Waals surface area contributed by atoms with Gasteiger partial charge in [-0.25, -0.2) is 0 Å². The largest absolute Gasteiger partial charge is 0.497 e. The number of aryl methyl sites for hydroxylation is 3. The van der Waals surface area contributed by atoms with Gasteiger partial charge < -0.3 is 19.2 Å². The van der Waals surface area contributed by atoms with Crippen molar-refractivity contribution in [1.82, 2.24) is 0 Å². The van der Waals surface area contributed by atoms with E-state index in [1.807, 2.05) is 76.2 Å². The minimum absolute atomic E-state index is 0.187. The summed E-state index contributed by atoms with van der Waals surface area (Å²) in [5.74, 6) is 1.34. The first-order chi connectivity index (χ1) is 16.8. The molecule has 0 aliphatic carbocycles. The van der Waals surface area contributed by atoms with Crippen LogP contribution in [-0.4, -0.2) is 19.6 Å². The van der Waals surface area contributed by atoms with E-state index >= 15 is 0 Å². The van der Waals surface area contributed by atoms with Crippen molar-refractivity contribution in [3.8, 4) is 22.6 Å². The molecule has 1 N–H and O–H groups in total. The number of ether oxygens (including phenoxy) is 2. The van der Waals surface area contributed by atoms with E-state index in [1.54, 1.807) is 19.4 Å². The lowest BCUT2D eigenvalue weighted by molar-refractivity contribution is -0.111. The van der Waals surface area contributed by atoms with Crippen LogP contribution in [0.4, 0.5) is 5.69 Å². The first-order valence-corrected chi connectivity index (χ1v) is 11.7. The molecule has 5 nitrogen and oxygen atoms in total. The number of carbonyl (C=O) groups excluding carboxylic acids is 1. The molecule has 4 aromatic rings. The predicted molar refractivity (Wildman–Crippen MR) is 142 cm³/mol. The van der Waals surface area contributed by atoms with Crippen LogP contribution in [0.15, 0.2) is 65.3 Å². The highest BCUT2D eigenvalue weighted by atomic mass is 16.5. The molecule has 0 bridgehead atoms. The Balaban J connectivity index is 1.75. The Morgan fingerprint density at radius 2 is 1.77 bits per heavy atom. The molecule has 0 unspecified atom stereocenters. The highest BCUT2D eigenvalue weighted by molar-refractivity contribution is 6.06. The molecule has 3 aromatic carbocycles. The Labute approximate surface area is 206 Å². The predicted octanol–water partition coefficient (Wildman–Crippen LogP) is 7.47. The van der Waals surface area contributed by atoms with Crippen molar-refractivity contribution in [3.05, 3.63) is 83.1 Å². The smallest absolute Gasteiger partial charge is 0.248 e. The van der Waals surface area contributed by atoms with E-state index in [4.69, 9.17) is 13.9 Å². The second kappa shape index (κ2) is 10.1. The number of furan rings is 1. The summed E-state index contributed by atoms with van der Waals surface area (Å²) in [5.41, 5.74) is 8.44. The summed E-state index contributed by atoms with van der Waals surface area (Å²) in [7, 11) is 1.65. The van der Waals surface area contributed by atoms with E-state index in [2.05, 4.69) is 12.2 Å². The number of fused-ring (bicyclic) bond motifs is 1. The van der Waals surface area contributed by atoms with Gasteiger partial charge >= 0.3 is 0 Å². The molecule has 0 atom stereocenters. The third-order valence-electron chi connectivity index (χ3n) is 6.28. The van der Waals surface area contributed by atoms with Crippen LogP contribution in [0.25, 0.3) is 27.7 Å². The number of amides is 1. The van der Waals surface area contributed by atoms with Gasteiger partial charge in [0.2, 0.25) is 5.91 Å². The maximum Gasteiger partial charge on any atom is 0.248 e. The van der Waals surface area contributed by atoms with Crippen LogP contribution in [0.2, 0.25) is 0 Å². The molecule has 180 valence electrons. The Kier molecular flexibility index (Phi) is 6.97. The monoisotopic (exact) mass is 469 g/mol. The molecule has 4 rings (SSSR count). The normalized spacial score (nSPS) is 11.5. The van der Waals surface area contributed by atoms with Crippen LogP contribution in [-0.2, 0) is 4.79 Å². The number of allylic oxidation sites excluding steroid dienone is 1. The van der Waals surface area contributed by atoms with Gasteiger partial charge in [-0.2, -0.15) is 0 Å². The van der Waals surface area contributed by atoms with Crippen molar-refractivity contribution in [2.75, 3.05) is 19.0 Å². The summed E-state index contributed by atoms with van der Waals surface area (Å²) in [6.45, 7) is 10.5. The van der Waals surface area contributed by atoms with Gasteiger partial charge in [-0.05, 0) is 87.2 Å². The molecule has 0 saturated carbocycles. The molecule has 0 spiro atoms. The third-order valence-corrected chi connectivity index (χ3v) is 6.28. The topological polar surface area (TPSA) is 60.7 Å². The number of methoxy groups -OCH3 is 1. The first kappa shape index (κ1) is 24.1. The minimum atomic E-state index is -0.187. The molecule has 0 aliphatic heterocycles. The van der Waals surface area contributed by atoms with E-state index in [-0.39, 0.29) is 5.91 Å². The molecule has 0 aliphatic rings. The SMILES string of the molecule is CCOc1c(/C(C)=C/C(=O)Nc2ccc(C)c(C)c2)cc2c(-c3ccc(OC)cc3)coc2c1C. The van der Waals surface area contributed by atoms with E-state index < -0.39 is 0 Å². The van der Waals surface area contributed by atoms with Crippen molar-refractivity contribution >= 4 is 28.1 Å². The second-order valence-corrected chi connectivity index (χ2v) is 8.68. The van der Waals surface area contributed by atoms with Crippen molar-refractivity contribution in [2.24, 2.45) is 0 Å². The van der Waals surface area contributed by atoms with Gasteiger partial charge in [0.25, 0.3) is 0 Å². The van der Waals surface area contributed by atoms with E-state index in [9.17, 15) is 4.79 Å². The van der Waals surface area contributed by atoms with Crippen LogP contribution >= 0.6 is 0 Å². The molecule has 0 saturated heterocycles. The third kappa shape index (κ3) is 4.94. The molecule has 5 heteroatoms. The Morgan fingerprint density at radius 1 is 1.03 bits per heavy atom. The molecule has 1 aromatic heterocycles. The van der Waals surface area contributed by atoms with Gasteiger partial charge in [0.15, 0.2) is 0 Å². The van der Waals surface area contributed by atoms with Crippen molar-refractivity contribution in [1.29, 1.82) is 0 Å². The highest BCUT2D eigenvalue weighted by Gasteiger charge is 2.19.